The number of imide groups is 1. The highest BCUT2D eigenvalue weighted by Gasteiger charge is 2.64. The number of allylic oxidation sites excluding steroid dienone is 3. The van der Waals surface area contributed by atoms with E-state index < -0.39 is 77.4 Å². The van der Waals surface area contributed by atoms with Crippen LogP contribution in [0.3, 0.4) is 0 Å². The van der Waals surface area contributed by atoms with Gasteiger partial charge in [0.15, 0.2) is 5.72 Å². The number of hydroxylamine groups is 2. The van der Waals surface area contributed by atoms with Crippen LogP contribution >= 0.6 is 21.6 Å². The van der Waals surface area contributed by atoms with Gasteiger partial charge in [-0.1, -0.05) is 92.1 Å². The minimum absolute atomic E-state index is 0.0385. The summed E-state index contributed by atoms with van der Waals surface area (Å²) in [4.78, 5) is 97.5. The number of carbonyl (C=O) groups excluding carboxylic acids is 7. The van der Waals surface area contributed by atoms with E-state index in [0.717, 1.165) is 11.1 Å². The van der Waals surface area contributed by atoms with E-state index in [4.69, 9.17) is 33.3 Å². The molecule has 4 bridgehead atoms. The molecule has 4 aliphatic rings. The third-order valence-corrected chi connectivity index (χ3v) is 18.0. The van der Waals surface area contributed by atoms with Gasteiger partial charge in [0.25, 0.3) is 11.8 Å². The molecule has 2 N–H and O–H groups in total. The minimum atomic E-state index is -1.28. The molecule has 5 amide bonds. The van der Waals surface area contributed by atoms with Crippen LogP contribution in [0.4, 0.5) is 16.2 Å². The lowest BCUT2D eigenvalue weighted by Crippen LogP contribution is -2.65. The number of rotatable bonds is 19. The predicted molar refractivity (Wildman–Crippen MR) is 291 cm³/mol. The SMILES string of the molecule is CCCO[C@]12C[C@H](OC(=O)N1)[C@@H](C)[C@@H]1O[C@@]1(C)[C@@H](OC(=O)C(C)C)CC(=O)N(C)c1cc(cc(OC)c1-c1ccc(NC(=O)CCC(C)SSC(C)(C)CCC(=O)ON3C(=O)CCC3=O)cc1)C/C(C)=C/C=C/[C@H]2OC. The zero-order valence-electron chi connectivity index (χ0n) is 45.9. The zero-order valence-corrected chi connectivity index (χ0v) is 47.6. The first-order chi connectivity index (χ1) is 35.9. The summed E-state index contributed by atoms with van der Waals surface area (Å²) >= 11 is 0. The molecule has 1 unspecified atom stereocenters. The Balaban J connectivity index is 1.22. The lowest BCUT2D eigenvalue weighted by Gasteiger charge is -2.45. The third kappa shape index (κ3) is 15.0. The summed E-state index contributed by atoms with van der Waals surface area (Å²) in [6.07, 6.45) is 4.63. The summed E-state index contributed by atoms with van der Waals surface area (Å²) in [5, 5.41) is 6.61. The van der Waals surface area contributed by atoms with E-state index in [1.807, 2.05) is 91.0 Å². The number of alkyl carbamates (subject to hydrolysis) is 1. The number of epoxide rings is 1. The standard InChI is InChI=1S/C56H76N4O14S2/c1-13-27-70-56-32-42(71-53(67)58-56)36(6)51-55(9,73-51)44(72-52(66)33(2)3)31-48(64)59(10)40-29-37(28-34(4)15-14-16-43(56)69-12)30-41(68-11)50(40)38-18-20-39(21-19-38)57-45(61)22-17-35(5)75-76-54(7,8)26-25-49(65)74-60-46(62)23-24-47(60)63/h14-16,18-21,29-30,33,35-36,42-44,51H,13,17,22-28,31-32H2,1-12H3,(H,57,61)(H,58,67)/b16-14+,34-15+/t35?,36-,42+,43-,44+,51+,55+,56+/m1/s1. The Hall–Kier alpha value is -5.41. The molecule has 76 heavy (non-hydrogen) atoms. The van der Waals surface area contributed by atoms with Gasteiger partial charge in [-0.25, -0.2) is 9.59 Å². The van der Waals surface area contributed by atoms with Gasteiger partial charge >= 0.3 is 18.0 Å². The predicted octanol–water partition coefficient (Wildman–Crippen LogP) is 9.43. The third-order valence-electron chi connectivity index (χ3n) is 14.1. The van der Waals surface area contributed by atoms with Crippen molar-refractivity contribution >= 4 is 74.6 Å². The van der Waals surface area contributed by atoms with Crippen molar-refractivity contribution in [1.82, 2.24) is 10.4 Å². The number of hydrogen-bond donors (Lipinski definition) is 2. The molecule has 0 radical (unpaired) electrons. The van der Waals surface area contributed by atoms with Crippen LogP contribution in [-0.2, 0) is 63.7 Å². The molecule has 0 aliphatic carbocycles. The Bertz CT molecular complexity index is 2520. The maximum Gasteiger partial charge on any atom is 0.409 e. The fourth-order valence-electron chi connectivity index (χ4n) is 9.45. The molecule has 4 heterocycles. The van der Waals surface area contributed by atoms with Gasteiger partial charge in [0, 0.05) is 80.0 Å². The highest BCUT2D eigenvalue weighted by molar-refractivity contribution is 8.77. The molecule has 8 atom stereocenters. The number of nitrogens with zero attached hydrogens (tertiary/aromatic N) is 2. The molecule has 2 aromatic carbocycles. The fourth-order valence-corrected chi connectivity index (χ4v) is 12.1. The number of benzene rings is 2. The zero-order chi connectivity index (χ0) is 55.7. The Morgan fingerprint density at radius 3 is 2.34 bits per heavy atom. The number of esters is 1. The van der Waals surface area contributed by atoms with Crippen LogP contribution in [0, 0.1) is 11.8 Å². The molecular formula is C56H76N4O14S2. The maximum absolute atomic E-state index is 14.8. The highest BCUT2D eigenvalue weighted by atomic mass is 33.1. The summed E-state index contributed by atoms with van der Waals surface area (Å²) in [5.41, 5.74) is 1.90. The molecule has 3 fully saturated rings. The first kappa shape index (κ1) is 59.8. The van der Waals surface area contributed by atoms with E-state index in [0.29, 0.717) is 65.6 Å². The number of anilines is 2. The van der Waals surface area contributed by atoms with Crippen LogP contribution in [0.15, 0.2) is 60.2 Å². The average Bonchev–Trinajstić information content (AvgIpc) is 3.99. The molecule has 20 heteroatoms. The van der Waals surface area contributed by atoms with Crippen molar-refractivity contribution in [2.45, 2.75) is 172 Å². The maximum atomic E-state index is 14.8. The first-order valence-electron chi connectivity index (χ1n) is 26.1. The summed E-state index contributed by atoms with van der Waals surface area (Å²) in [6, 6.07) is 11.2. The van der Waals surface area contributed by atoms with Crippen molar-refractivity contribution in [3.63, 3.8) is 0 Å². The topological polar surface area (TPSA) is 218 Å². The molecule has 0 aromatic heterocycles. The number of carbonyl (C=O) groups is 7. The fraction of sp³-hybridized carbons (Fsp3) is 0.589. The lowest BCUT2D eigenvalue weighted by atomic mass is 9.83. The minimum Gasteiger partial charge on any atom is -0.496 e. The Morgan fingerprint density at radius 2 is 1.70 bits per heavy atom. The lowest BCUT2D eigenvalue weighted by molar-refractivity contribution is -0.197. The monoisotopic (exact) mass is 1090 g/mol. The van der Waals surface area contributed by atoms with E-state index in [1.54, 1.807) is 73.7 Å². The van der Waals surface area contributed by atoms with E-state index >= 15 is 0 Å². The molecule has 0 spiro atoms. The van der Waals surface area contributed by atoms with Gasteiger partial charge in [-0.15, -0.1) is 5.06 Å². The van der Waals surface area contributed by atoms with Crippen LogP contribution in [0.25, 0.3) is 11.1 Å². The van der Waals surface area contributed by atoms with Crippen molar-refractivity contribution in [2.24, 2.45) is 11.8 Å². The van der Waals surface area contributed by atoms with Crippen molar-refractivity contribution in [2.75, 3.05) is 38.1 Å². The Labute approximate surface area is 454 Å². The van der Waals surface area contributed by atoms with Gasteiger partial charge in [-0.3, -0.25) is 29.3 Å². The van der Waals surface area contributed by atoms with E-state index in [9.17, 15) is 33.6 Å². The van der Waals surface area contributed by atoms with Gasteiger partial charge in [-0.2, -0.15) is 0 Å². The van der Waals surface area contributed by atoms with Gasteiger partial charge in [0.2, 0.25) is 11.8 Å². The molecular weight excluding hydrogens is 1020 g/mol. The normalized spacial score (nSPS) is 26.6. The number of methoxy groups -OCH3 is 2. The van der Waals surface area contributed by atoms with E-state index in [-0.39, 0.29) is 60.3 Å². The van der Waals surface area contributed by atoms with E-state index in [1.165, 1.54) is 0 Å². The van der Waals surface area contributed by atoms with Crippen LogP contribution < -0.4 is 20.3 Å². The summed E-state index contributed by atoms with van der Waals surface area (Å²) in [5.74, 6) is -3.07. The average molecular weight is 1090 g/mol. The summed E-state index contributed by atoms with van der Waals surface area (Å²) in [6.45, 7) is 17.5. The second-order valence-corrected chi connectivity index (χ2v) is 24.6. The van der Waals surface area contributed by atoms with Crippen molar-refractivity contribution in [1.29, 1.82) is 0 Å². The first-order valence-corrected chi connectivity index (χ1v) is 28.3. The Morgan fingerprint density at radius 1 is 1.00 bits per heavy atom. The largest absolute Gasteiger partial charge is 0.496 e. The van der Waals surface area contributed by atoms with Crippen LogP contribution in [0.2, 0.25) is 0 Å². The molecule has 0 saturated carbocycles. The van der Waals surface area contributed by atoms with Gasteiger partial charge in [0.1, 0.15) is 29.7 Å². The van der Waals surface area contributed by atoms with Gasteiger partial charge < -0.3 is 43.5 Å². The number of ether oxygens (including phenoxy) is 6. The second kappa shape index (κ2) is 25.8. The van der Waals surface area contributed by atoms with Crippen molar-refractivity contribution < 1.29 is 66.8 Å². The highest BCUT2D eigenvalue weighted by Crippen LogP contribution is 2.50. The van der Waals surface area contributed by atoms with Crippen LogP contribution in [0.5, 0.6) is 5.75 Å². The Kier molecular flexibility index (Phi) is 20.3. The number of hydrogen-bond acceptors (Lipinski definition) is 16. The van der Waals surface area contributed by atoms with Crippen molar-refractivity contribution in [3.8, 4) is 16.9 Å². The van der Waals surface area contributed by atoms with Gasteiger partial charge in [0.05, 0.1) is 31.2 Å². The molecule has 4 aliphatic heterocycles. The smallest absolute Gasteiger partial charge is 0.409 e. The van der Waals surface area contributed by atoms with Crippen molar-refractivity contribution in [3.05, 3.63) is 65.8 Å². The van der Waals surface area contributed by atoms with Gasteiger partial charge in [-0.05, 0) is 88.8 Å². The molecule has 2 aromatic rings. The molecule has 18 nitrogen and oxygen atoms in total. The quantitative estimate of drug-likeness (QED) is 0.0579. The molecule has 3 saturated heterocycles. The number of fused-ring (bicyclic) bond motifs is 5. The molecule has 6 rings (SSSR count). The van der Waals surface area contributed by atoms with Crippen LogP contribution in [-0.4, -0.2) is 120 Å². The summed E-state index contributed by atoms with van der Waals surface area (Å²) < 4.78 is 36.8. The molecule has 416 valence electrons. The number of amides is 5. The van der Waals surface area contributed by atoms with E-state index in [2.05, 4.69) is 10.6 Å². The number of nitrogens with one attached hydrogen (secondary N) is 2. The summed E-state index contributed by atoms with van der Waals surface area (Å²) in [7, 11) is 8.04. The van der Waals surface area contributed by atoms with Crippen LogP contribution in [0.1, 0.15) is 126 Å². The second-order valence-electron chi connectivity index (χ2n) is 21.2.